The highest BCUT2D eigenvalue weighted by Crippen LogP contribution is 2.19. The summed E-state index contributed by atoms with van der Waals surface area (Å²) in [7, 11) is 0. The van der Waals surface area contributed by atoms with E-state index in [9.17, 15) is 14.4 Å². The number of carboxylic acid groups (broad SMARTS) is 1. The van der Waals surface area contributed by atoms with Gasteiger partial charge < -0.3 is 14.6 Å². The van der Waals surface area contributed by atoms with Gasteiger partial charge in [-0.05, 0) is 6.92 Å². The van der Waals surface area contributed by atoms with Gasteiger partial charge in [0, 0.05) is 11.8 Å². The number of hydrogen-bond acceptors (Lipinski definition) is 4. The van der Waals surface area contributed by atoms with E-state index >= 15 is 0 Å². The number of carboxylic acids is 1. The molecule has 92 valence electrons. The predicted octanol–water partition coefficient (Wildman–Crippen LogP) is 1.25. The van der Waals surface area contributed by atoms with Crippen molar-refractivity contribution in [3.63, 3.8) is 0 Å². The smallest absolute Gasteiger partial charge is 0.306 e. The van der Waals surface area contributed by atoms with Crippen molar-refractivity contribution in [3.05, 3.63) is 0 Å². The number of hydrogen-bond donors (Lipinski definition) is 1. The Labute approximate surface area is 94.8 Å². The molecule has 16 heavy (non-hydrogen) atoms. The highest BCUT2D eigenvalue weighted by Gasteiger charge is 2.26. The molecule has 3 unspecified atom stereocenters. The minimum Gasteiger partial charge on any atom is -0.481 e. The van der Waals surface area contributed by atoms with Crippen LogP contribution >= 0.6 is 0 Å². The first-order valence-corrected chi connectivity index (χ1v) is 5.23. The second-order valence-electron chi connectivity index (χ2n) is 4.09. The molecule has 1 heterocycles. The Morgan fingerprint density at radius 3 is 2.31 bits per heavy atom. The summed E-state index contributed by atoms with van der Waals surface area (Å²) in [5.41, 5.74) is 0. The van der Waals surface area contributed by atoms with Gasteiger partial charge >= 0.3 is 11.9 Å². The summed E-state index contributed by atoms with van der Waals surface area (Å²) >= 11 is 0. The summed E-state index contributed by atoms with van der Waals surface area (Å²) in [5.74, 6) is -0.912. The van der Waals surface area contributed by atoms with Crippen molar-refractivity contribution in [1.29, 1.82) is 0 Å². The van der Waals surface area contributed by atoms with Crippen LogP contribution < -0.4 is 0 Å². The lowest BCUT2D eigenvalue weighted by Crippen LogP contribution is -2.06. The molecule has 0 bridgehead atoms. The third kappa shape index (κ3) is 6.16. The molecule has 1 aliphatic heterocycles. The topological polar surface area (TPSA) is 80.7 Å². The van der Waals surface area contributed by atoms with Crippen LogP contribution in [0.1, 0.15) is 33.6 Å². The third-order valence-electron chi connectivity index (χ3n) is 2.34. The largest absolute Gasteiger partial charge is 0.481 e. The number of aliphatic carboxylic acids is 1. The van der Waals surface area contributed by atoms with E-state index in [1.54, 1.807) is 6.92 Å². The van der Waals surface area contributed by atoms with E-state index in [-0.39, 0.29) is 24.4 Å². The molecule has 0 saturated carbocycles. The average molecular weight is 230 g/mol. The van der Waals surface area contributed by atoms with Crippen LogP contribution in [0.15, 0.2) is 0 Å². The molecule has 1 saturated heterocycles. The monoisotopic (exact) mass is 230 g/mol. The summed E-state index contributed by atoms with van der Waals surface area (Å²) in [4.78, 5) is 30.0. The Balaban J connectivity index is 0.000000281. The van der Waals surface area contributed by atoms with Crippen molar-refractivity contribution < 1.29 is 24.2 Å². The molecule has 0 aromatic carbocycles. The quantitative estimate of drug-likeness (QED) is 0.583. The summed E-state index contributed by atoms with van der Waals surface area (Å²) < 4.78 is 4.83. The maximum Gasteiger partial charge on any atom is 0.306 e. The minimum absolute atomic E-state index is 0.0509. The van der Waals surface area contributed by atoms with Crippen molar-refractivity contribution in [2.24, 2.45) is 11.8 Å². The molecular formula is C11H18O5. The van der Waals surface area contributed by atoms with Crippen LogP contribution in [0.2, 0.25) is 0 Å². The molecule has 5 heteroatoms. The number of rotatable bonds is 3. The fourth-order valence-electron chi connectivity index (χ4n) is 1.12. The second kappa shape index (κ2) is 6.98. The first-order chi connectivity index (χ1) is 7.36. The van der Waals surface area contributed by atoms with Crippen molar-refractivity contribution in [2.45, 2.75) is 39.7 Å². The van der Waals surface area contributed by atoms with Crippen molar-refractivity contribution in [3.8, 4) is 0 Å². The molecule has 0 radical (unpaired) electrons. The highest BCUT2D eigenvalue weighted by molar-refractivity contribution is 5.72. The molecule has 0 aliphatic carbocycles. The van der Waals surface area contributed by atoms with Gasteiger partial charge in [-0.2, -0.15) is 0 Å². The standard InChI is InChI=1S/C6H10O2.C5H8O3/c1-4-3-6(7)8-5(4)2;1-4(3-6)2-5(7)8/h4-5H,3H2,1-2H3;3-4H,2H2,1H3,(H,7,8). The summed E-state index contributed by atoms with van der Waals surface area (Å²) in [6, 6.07) is 0. The van der Waals surface area contributed by atoms with Crippen LogP contribution in [0.3, 0.4) is 0 Å². The first kappa shape index (κ1) is 14.6. The zero-order valence-corrected chi connectivity index (χ0v) is 9.80. The lowest BCUT2D eigenvalue weighted by Gasteiger charge is -2.03. The Morgan fingerprint density at radius 1 is 1.62 bits per heavy atom. The lowest BCUT2D eigenvalue weighted by atomic mass is 10.1. The Morgan fingerprint density at radius 2 is 2.19 bits per heavy atom. The van der Waals surface area contributed by atoms with Gasteiger partial charge in [-0.25, -0.2) is 0 Å². The number of ether oxygens (including phenoxy) is 1. The Bertz CT molecular complexity index is 249. The van der Waals surface area contributed by atoms with Gasteiger partial charge in [0.25, 0.3) is 0 Å². The number of aldehydes is 1. The van der Waals surface area contributed by atoms with Crippen LogP contribution in [0.4, 0.5) is 0 Å². The van der Waals surface area contributed by atoms with Gasteiger partial charge in [-0.15, -0.1) is 0 Å². The van der Waals surface area contributed by atoms with Crippen LogP contribution in [0.5, 0.6) is 0 Å². The molecule has 3 atom stereocenters. The summed E-state index contributed by atoms with van der Waals surface area (Å²) in [6.45, 7) is 5.52. The normalized spacial score (nSPS) is 25.1. The molecule has 5 nitrogen and oxygen atoms in total. The van der Waals surface area contributed by atoms with Crippen LogP contribution in [-0.2, 0) is 19.1 Å². The molecule has 1 rings (SSSR count). The van der Waals surface area contributed by atoms with Gasteiger partial charge in [0.15, 0.2) is 0 Å². The summed E-state index contributed by atoms with van der Waals surface area (Å²) in [5, 5.41) is 8.06. The minimum atomic E-state index is -0.926. The number of esters is 1. The molecule has 0 spiro atoms. The van der Waals surface area contributed by atoms with Crippen LogP contribution in [0.25, 0.3) is 0 Å². The van der Waals surface area contributed by atoms with Crippen molar-refractivity contribution >= 4 is 18.2 Å². The number of cyclic esters (lactones) is 1. The fourth-order valence-corrected chi connectivity index (χ4v) is 1.12. The molecule has 0 aromatic rings. The van der Waals surface area contributed by atoms with Gasteiger partial charge in [-0.1, -0.05) is 13.8 Å². The van der Waals surface area contributed by atoms with E-state index in [1.807, 2.05) is 13.8 Å². The van der Waals surface area contributed by atoms with Gasteiger partial charge in [0.1, 0.15) is 12.4 Å². The van der Waals surface area contributed by atoms with Crippen LogP contribution in [0, 0.1) is 11.8 Å². The Kier molecular flexibility index (Phi) is 6.37. The van der Waals surface area contributed by atoms with Gasteiger partial charge in [0.05, 0.1) is 12.8 Å². The lowest BCUT2D eigenvalue weighted by molar-refractivity contribution is -0.141. The van der Waals surface area contributed by atoms with E-state index < -0.39 is 5.97 Å². The molecule has 1 fully saturated rings. The van der Waals surface area contributed by atoms with E-state index in [1.165, 1.54) is 0 Å². The van der Waals surface area contributed by atoms with E-state index in [0.29, 0.717) is 18.6 Å². The maximum absolute atomic E-state index is 10.4. The number of carbonyl (C=O) groups is 3. The molecular weight excluding hydrogens is 212 g/mol. The fraction of sp³-hybridized carbons (Fsp3) is 0.727. The zero-order chi connectivity index (χ0) is 12.7. The zero-order valence-electron chi connectivity index (χ0n) is 9.80. The predicted molar refractivity (Wildman–Crippen MR) is 56.8 cm³/mol. The maximum atomic E-state index is 10.4. The molecule has 0 amide bonds. The van der Waals surface area contributed by atoms with Crippen LogP contribution in [-0.4, -0.2) is 29.4 Å². The summed E-state index contributed by atoms with van der Waals surface area (Å²) in [6.07, 6.45) is 1.31. The second-order valence-corrected chi connectivity index (χ2v) is 4.09. The van der Waals surface area contributed by atoms with E-state index in [2.05, 4.69) is 0 Å². The van der Waals surface area contributed by atoms with Crippen molar-refractivity contribution in [1.82, 2.24) is 0 Å². The Hall–Kier alpha value is -1.39. The van der Waals surface area contributed by atoms with Crippen molar-refractivity contribution in [2.75, 3.05) is 0 Å². The number of carbonyl (C=O) groups excluding carboxylic acids is 2. The molecule has 1 N–H and O–H groups in total. The van der Waals surface area contributed by atoms with E-state index in [0.717, 1.165) is 0 Å². The average Bonchev–Trinajstić information content (AvgIpc) is 2.44. The van der Waals surface area contributed by atoms with Gasteiger partial charge in [-0.3, -0.25) is 9.59 Å². The highest BCUT2D eigenvalue weighted by atomic mass is 16.5. The van der Waals surface area contributed by atoms with E-state index in [4.69, 9.17) is 9.84 Å². The molecule has 1 aliphatic rings. The van der Waals surface area contributed by atoms with Gasteiger partial charge in [0.2, 0.25) is 0 Å². The third-order valence-corrected chi connectivity index (χ3v) is 2.34. The SMILES string of the molecule is CC(C=O)CC(=O)O.CC1CC(=O)OC1C. The molecule has 0 aromatic heterocycles. The first-order valence-electron chi connectivity index (χ1n) is 5.23.